The van der Waals surface area contributed by atoms with Crippen molar-refractivity contribution in [2.45, 2.75) is 0 Å². The van der Waals surface area contributed by atoms with E-state index in [1.165, 1.54) is 0 Å². The lowest BCUT2D eigenvalue weighted by Crippen LogP contribution is -2.07. The fourth-order valence-electron chi connectivity index (χ4n) is 7.15. The van der Waals surface area contributed by atoms with E-state index in [2.05, 4.69) is 106 Å². The highest BCUT2D eigenvalue weighted by Gasteiger charge is 2.22. The van der Waals surface area contributed by atoms with Gasteiger partial charge in [0.2, 0.25) is 0 Å². The van der Waals surface area contributed by atoms with Crippen LogP contribution in [0.4, 0.5) is 0 Å². The van der Waals surface area contributed by atoms with Gasteiger partial charge in [0.15, 0.2) is 17.5 Å². The first-order valence-corrected chi connectivity index (χ1v) is 18.6. The molecule has 0 aliphatic carbocycles. The van der Waals surface area contributed by atoms with Gasteiger partial charge in [-0.1, -0.05) is 109 Å². The Bertz CT molecular complexity index is 2590. The average molecular weight is 736 g/mol. The van der Waals surface area contributed by atoms with Crippen LogP contribution in [-0.2, 0) is 0 Å². The average Bonchev–Trinajstić information content (AvgIpc) is 4.13. The van der Waals surface area contributed by atoms with Gasteiger partial charge in [-0.25, -0.2) is 29.0 Å². The molecule has 10 aromatic rings. The molecule has 0 atom stereocenters. The summed E-state index contributed by atoms with van der Waals surface area (Å²) in [5.41, 5.74) is 11.2. The first-order valence-electron chi connectivity index (χ1n) is 18.6. The van der Waals surface area contributed by atoms with Crippen LogP contribution in [0, 0.1) is 0 Å². The zero-order valence-corrected chi connectivity index (χ0v) is 30.6. The first kappa shape index (κ1) is 33.5. The molecule has 6 aromatic carbocycles. The number of benzene rings is 6. The highest BCUT2D eigenvalue weighted by Crippen LogP contribution is 2.37. The molecule has 0 fully saturated rings. The molecule has 4 aromatic heterocycles. The minimum atomic E-state index is 0.492. The Morgan fingerprint density at radius 3 is 0.842 bits per heavy atom. The van der Waals surface area contributed by atoms with E-state index in [0.29, 0.717) is 17.5 Å². The molecule has 4 heterocycles. The van der Waals surface area contributed by atoms with E-state index < -0.39 is 0 Å². The van der Waals surface area contributed by atoms with E-state index in [1.807, 2.05) is 105 Å². The molecule has 9 heteroatoms. The third kappa shape index (κ3) is 6.59. The second kappa shape index (κ2) is 14.7. The Labute approximate surface area is 328 Å². The van der Waals surface area contributed by atoms with Crippen molar-refractivity contribution in [3.8, 4) is 84.6 Å². The van der Waals surface area contributed by atoms with Crippen molar-refractivity contribution in [2.24, 2.45) is 0 Å². The molecule has 57 heavy (non-hydrogen) atoms. The molecule has 0 amide bonds. The SMILES string of the molecule is c1ccc(-c2ccc(-n3cccn3)c(-c3nc(-c4cc(-c5ccccc5)ccc4-n4cccn4)nc(-c4cc(-c5ccccc5)ccc4-n4cccn4)n3)c2)cc1. The van der Waals surface area contributed by atoms with Crippen LogP contribution >= 0.6 is 0 Å². The van der Waals surface area contributed by atoms with E-state index in [4.69, 9.17) is 15.0 Å². The molecular formula is C48H33N9. The zero-order chi connectivity index (χ0) is 38.0. The lowest BCUT2D eigenvalue weighted by molar-refractivity contribution is 0.874. The van der Waals surface area contributed by atoms with Crippen LogP contribution in [0.3, 0.4) is 0 Å². The lowest BCUT2D eigenvalue weighted by atomic mass is 9.99. The number of aromatic nitrogens is 9. The van der Waals surface area contributed by atoms with Crippen LogP contribution in [0.5, 0.6) is 0 Å². The van der Waals surface area contributed by atoms with Gasteiger partial charge in [0, 0.05) is 53.9 Å². The van der Waals surface area contributed by atoms with Crippen molar-refractivity contribution in [1.29, 1.82) is 0 Å². The van der Waals surface area contributed by atoms with Crippen molar-refractivity contribution in [1.82, 2.24) is 44.3 Å². The summed E-state index contributed by atoms with van der Waals surface area (Å²) in [4.78, 5) is 16.1. The zero-order valence-electron chi connectivity index (χ0n) is 30.6. The third-order valence-corrected chi connectivity index (χ3v) is 9.92. The largest absolute Gasteiger partial charge is 0.240 e. The first-order chi connectivity index (χ1) is 28.2. The van der Waals surface area contributed by atoms with Gasteiger partial charge in [-0.3, -0.25) is 0 Å². The van der Waals surface area contributed by atoms with Crippen LogP contribution in [0.15, 0.2) is 201 Å². The summed E-state index contributed by atoms with van der Waals surface area (Å²) in [5, 5.41) is 13.9. The molecule has 0 saturated carbocycles. The number of hydrogen-bond donors (Lipinski definition) is 0. The summed E-state index contributed by atoms with van der Waals surface area (Å²) in [6.45, 7) is 0. The van der Waals surface area contributed by atoms with Crippen molar-refractivity contribution in [2.75, 3.05) is 0 Å². The quantitative estimate of drug-likeness (QED) is 0.147. The maximum absolute atomic E-state index is 5.36. The normalized spacial score (nSPS) is 11.2. The lowest BCUT2D eigenvalue weighted by Gasteiger charge is -2.17. The van der Waals surface area contributed by atoms with Gasteiger partial charge in [0.1, 0.15) is 0 Å². The Morgan fingerprint density at radius 1 is 0.281 bits per heavy atom. The smallest absolute Gasteiger partial charge is 0.166 e. The van der Waals surface area contributed by atoms with Crippen molar-refractivity contribution >= 4 is 0 Å². The van der Waals surface area contributed by atoms with Gasteiger partial charge in [-0.05, 0) is 88.0 Å². The maximum Gasteiger partial charge on any atom is 0.166 e. The predicted molar refractivity (Wildman–Crippen MR) is 224 cm³/mol. The summed E-state index contributed by atoms with van der Waals surface area (Å²) in [7, 11) is 0. The molecular weight excluding hydrogens is 703 g/mol. The van der Waals surface area contributed by atoms with Crippen LogP contribution in [-0.4, -0.2) is 44.3 Å². The van der Waals surface area contributed by atoms with Crippen molar-refractivity contribution in [3.63, 3.8) is 0 Å². The van der Waals surface area contributed by atoms with Crippen LogP contribution < -0.4 is 0 Å². The summed E-state index contributed by atoms with van der Waals surface area (Å²) in [6, 6.07) is 55.7. The maximum atomic E-state index is 5.36. The Morgan fingerprint density at radius 2 is 0.579 bits per heavy atom. The fraction of sp³-hybridized carbons (Fsp3) is 0. The third-order valence-electron chi connectivity index (χ3n) is 9.92. The molecule has 0 aliphatic rings. The van der Waals surface area contributed by atoms with E-state index >= 15 is 0 Å². The Kier molecular flexibility index (Phi) is 8.62. The van der Waals surface area contributed by atoms with E-state index in [-0.39, 0.29) is 0 Å². The molecule has 10 rings (SSSR count). The molecule has 0 spiro atoms. The van der Waals surface area contributed by atoms with Crippen molar-refractivity contribution in [3.05, 3.63) is 201 Å². The highest BCUT2D eigenvalue weighted by molar-refractivity contribution is 5.83. The molecule has 0 radical (unpaired) electrons. The van der Waals surface area contributed by atoms with Crippen LogP contribution in [0.1, 0.15) is 0 Å². The fourth-order valence-corrected chi connectivity index (χ4v) is 7.15. The monoisotopic (exact) mass is 735 g/mol. The Hall–Kier alpha value is -8.04. The van der Waals surface area contributed by atoms with Crippen LogP contribution in [0.2, 0.25) is 0 Å². The molecule has 270 valence electrons. The highest BCUT2D eigenvalue weighted by atomic mass is 15.3. The van der Waals surface area contributed by atoms with E-state index in [1.54, 1.807) is 18.6 Å². The molecule has 0 N–H and O–H groups in total. The van der Waals surface area contributed by atoms with Crippen LogP contribution in [0.25, 0.3) is 84.6 Å². The molecule has 9 nitrogen and oxygen atoms in total. The summed E-state index contributed by atoms with van der Waals surface area (Å²) >= 11 is 0. The standard InChI is InChI=1S/C48H33N9/c1-4-13-34(14-5-1)37-19-22-43(55-28-10-25-49-55)40(31-37)46-52-47(41-32-38(35-15-6-2-7-16-35)20-23-44(41)56-29-11-26-50-56)54-48(53-46)42-33-39(36-17-8-3-9-18-36)21-24-45(42)57-30-12-27-51-57/h1-33H. The summed E-state index contributed by atoms with van der Waals surface area (Å²) in [5.74, 6) is 1.48. The van der Waals surface area contributed by atoms with E-state index in [0.717, 1.165) is 67.1 Å². The van der Waals surface area contributed by atoms with E-state index in [9.17, 15) is 0 Å². The summed E-state index contributed by atoms with van der Waals surface area (Å²) < 4.78 is 5.55. The van der Waals surface area contributed by atoms with Gasteiger partial charge in [0.25, 0.3) is 0 Å². The predicted octanol–water partition coefficient (Wildman–Crippen LogP) is 10.4. The molecule has 0 aliphatic heterocycles. The number of hydrogen-bond acceptors (Lipinski definition) is 6. The minimum absolute atomic E-state index is 0.492. The number of nitrogens with zero attached hydrogens (tertiary/aromatic N) is 9. The van der Waals surface area contributed by atoms with Crippen molar-refractivity contribution < 1.29 is 0 Å². The van der Waals surface area contributed by atoms with Gasteiger partial charge >= 0.3 is 0 Å². The molecule has 0 bridgehead atoms. The summed E-state index contributed by atoms with van der Waals surface area (Å²) in [6.07, 6.45) is 11.1. The van der Waals surface area contributed by atoms with Gasteiger partial charge in [0.05, 0.1) is 17.1 Å². The van der Waals surface area contributed by atoms with Gasteiger partial charge in [-0.15, -0.1) is 0 Å². The minimum Gasteiger partial charge on any atom is -0.240 e. The number of rotatable bonds is 9. The second-order valence-electron chi connectivity index (χ2n) is 13.5. The second-order valence-corrected chi connectivity index (χ2v) is 13.5. The Balaban J connectivity index is 1.28. The van der Waals surface area contributed by atoms with Gasteiger partial charge < -0.3 is 0 Å². The topological polar surface area (TPSA) is 92.1 Å². The molecule has 0 unspecified atom stereocenters. The molecule has 0 saturated heterocycles. The van der Waals surface area contributed by atoms with Gasteiger partial charge in [-0.2, -0.15) is 15.3 Å².